The summed E-state index contributed by atoms with van der Waals surface area (Å²) in [6.07, 6.45) is 2.25. The van der Waals surface area contributed by atoms with Gasteiger partial charge in [0.25, 0.3) is 0 Å². The Morgan fingerprint density at radius 3 is 2.75 bits per heavy atom. The summed E-state index contributed by atoms with van der Waals surface area (Å²) >= 11 is 0. The maximum Gasteiger partial charge on any atom is 0.239 e. The Morgan fingerprint density at radius 2 is 2.19 bits per heavy atom. The van der Waals surface area contributed by atoms with Crippen LogP contribution in [0.1, 0.15) is 19.8 Å². The zero-order valence-corrected chi connectivity index (χ0v) is 10.4. The van der Waals surface area contributed by atoms with Crippen molar-refractivity contribution in [1.82, 2.24) is 15.1 Å². The second kappa shape index (κ2) is 5.15. The van der Waals surface area contributed by atoms with Gasteiger partial charge in [-0.25, -0.2) is 0 Å². The van der Waals surface area contributed by atoms with Gasteiger partial charge in [-0.2, -0.15) is 0 Å². The summed E-state index contributed by atoms with van der Waals surface area (Å²) in [6, 6.07) is 0.0840. The summed E-state index contributed by atoms with van der Waals surface area (Å²) in [4.78, 5) is 16.0. The monoisotopic (exact) mass is 225 g/mol. The highest BCUT2D eigenvalue weighted by molar-refractivity contribution is 5.83. The molecule has 2 aliphatic rings. The number of hydrogen-bond acceptors (Lipinski definition) is 3. The normalized spacial score (nSPS) is 31.6. The second-order valence-corrected chi connectivity index (χ2v) is 5.06. The molecule has 1 N–H and O–H groups in total. The number of likely N-dealkylation sites (N-methyl/N-ethyl adjacent to an activating group) is 1. The average Bonchev–Trinajstić information content (AvgIpc) is 2.86. The number of likely N-dealkylation sites (tertiary alicyclic amines) is 2. The molecule has 0 aliphatic carbocycles. The van der Waals surface area contributed by atoms with Crippen LogP contribution in [0.3, 0.4) is 0 Å². The van der Waals surface area contributed by atoms with E-state index in [0.717, 1.165) is 32.0 Å². The van der Waals surface area contributed by atoms with E-state index in [1.54, 1.807) is 0 Å². The summed E-state index contributed by atoms with van der Waals surface area (Å²) in [5.74, 6) is 1.00. The van der Waals surface area contributed by atoms with Crippen LogP contribution in [-0.4, -0.2) is 61.5 Å². The number of carbonyl (C=O) groups excluding carboxylic acids is 1. The first-order valence-corrected chi connectivity index (χ1v) is 6.41. The van der Waals surface area contributed by atoms with Crippen LogP contribution in [-0.2, 0) is 4.79 Å². The van der Waals surface area contributed by atoms with Gasteiger partial charge in [-0.15, -0.1) is 0 Å². The van der Waals surface area contributed by atoms with Crippen molar-refractivity contribution in [3.05, 3.63) is 0 Å². The zero-order valence-electron chi connectivity index (χ0n) is 10.4. The molecule has 4 nitrogen and oxygen atoms in total. The summed E-state index contributed by atoms with van der Waals surface area (Å²) in [7, 11) is 1.89. The van der Waals surface area contributed by atoms with Crippen molar-refractivity contribution < 1.29 is 4.79 Å². The van der Waals surface area contributed by atoms with Crippen molar-refractivity contribution >= 4 is 5.91 Å². The highest BCUT2D eigenvalue weighted by Crippen LogP contribution is 2.16. The molecule has 0 aromatic carbocycles. The average molecular weight is 225 g/mol. The van der Waals surface area contributed by atoms with Gasteiger partial charge in [-0.1, -0.05) is 6.92 Å². The SMILES string of the molecule is CCN1CCC(CNC2CCN(C)C2=O)C1. The predicted molar refractivity (Wildman–Crippen MR) is 64.3 cm³/mol. The van der Waals surface area contributed by atoms with E-state index in [-0.39, 0.29) is 11.9 Å². The Balaban J connectivity index is 1.70. The first-order chi connectivity index (χ1) is 7.70. The van der Waals surface area contributed by atoms with Crippen molar-refractivity contribution in [2.45, 2.75) is 25.8 Å². The van der Waals surface area contributed by atoms with Crippen molar-refractivity contribution in [2.24, 2.45) is 5.92 Å². The van der Waals surface area contributed by atoms with E-state index >= 15 is 0 Å². The highest BCUT2D eigenvalue weighted by atomic mass is 16.2. The van der Waals surface area contributed by atoms with Gasteiger partial charge in [0.2, 0.25) is 5.91 Å². The largest absolute Gasteiger partial charge is 0.344 e. The van der Waals surface area contributed by atoms with Gasteiger partial charge in [0.05, 0.1) is 6.04 Å². The van der Waals surface area contributed by atoms with Crippen LogP contribution in [0.2, 0.25) is 0 Å². The number of amides is 1. The zero-order chi connectivity index (χ0) is 11.5. The standard InChI is InChI=1S/C12H23N3O/c1-3-15-7-4-10(9-15)8-13-11-5-6-14(2)12(11)16/h10-11,13H,3-9H2,1-2H3. The highest BCUT2D eigenvalue weighted by Gasteiger charge is 2.30. The molecular weight excluding hydrogens is 202 g/mol. The lowest BCUT2D eigenvalue weighted by Crippen LogP contribution is -2.39. The fourth-order valence-electron chi connectivity index (χ4n) is 2.69. The number of nitrogens with one attached hydrogen (secondary N) is 1. The third-order valence-corrected chi connectivity index (χ3v) is 3.90. The molecule has 1 amide bonds. The maximum atomic E-state index is 11.7. The fraction of sp³-hybridized carbons (Fsp3) is 0.917. The van der Waals surface area contributed by atoms with Crippen LogP contribution in [0.4, 0.5) is 0 Å². The molecule has 2 fully saturated rings. The van der Waals surface area contributed by atoms with E-state index in [0.29, 0.717) is 0 Å². The lowest BCUT2D eigenvalue weighted by Gasteiger charge is -2.16. The number of hydrogen-bond donors (Lipinski definition) is 1. The van der Waals surface area contributed by atoms with Gasteiger partial charge in [0.15, 0.2) is 0 Å². The van der Waals surface area contributed by atoms with Gasteiger partial charge in [-0.3, -0.25) is 4.79 Å². The van der Waals surface area contributed by atoms with E-state index < -0.39 is 0 Å². The smallest absolute Gasteiger partial charge is 0.239 e. The van der Waals surface area contributed by atoms with Gasteiger partial charge in [0.1, 0.15) is 0 Å². The van der Waals surface area contributed by atoms with Crippen molar-refractivity contribution in [1.29, 1.82) is 0 Å². The maximum absolute atomic E-state index is 11.7. The van der Waals surface area contributed by atoms with Crippen molar-refractivity contribution in [3.8, 4) is 0 Å². The molecule has 2 atom stereocenters. The van der Waals surface area contributed by atoms with Gasteiger partial charge < -0.3 is 15.1 Å². The molecular formula is C12H23N3O. The molecule has 0 aromatic rings. The molecule has 0 aromatic heterocycles. The number of nitrogens with zero attached hydrogens (tertiary/aromatic N) is 2. The first kappa shape index (κ1) is 11.9. The Labute approximate surface area is 98.0 Å². The summed E-state index contributed by atoms with van der Waals surface area (Å²) in [5.41, 5.74) is 0. The second-order valence-electron chi connectivity index (χ2n) is 5.06. The topological polar surface area (TPSA) is 35.6 Å². The lowest BCUT2D eigenvalue weighted by molar-refractivity contribution is -0.128. The molecule has 0 bridgehead atoms. The van der Waals surface area contributed by atoms with Crippen LogP contribution in [0.5, 0.6) is 0 Å². The molecule has 2 rings (SSSR count). The number of carbonyl (C=O) groups is 1. The lowest BCUT2D eigenvalue weighted by atomic mass is 10.1. The molecule has 2 saturated heterocycles. The van der Waals surface area contributed by atoms with Gasteiger partial charge in [-0.05, 0) is 38.4 Å². The fourth-order valence-corrected chi connectivity index (χ4v) is 2.69. The van der Waals surface area contributed by atoms with Gasteiger partial charge >= 0.3 is 0 Å². The first-order valence-electron chi connectivity index (χ1n) is 6.41. The molecule has 0 saturated carbocycles. The molecule has 16 heavy (non-hydrogen) atoms. The van der Waals surface area contributed by atoms with Crippen LogP contribution in [0.25, 0.3) is 0 Å². The van der Waals surface area contributed by atoms with E-state index in [1.165, 1.54) is 19.5 Å². The summed E-state index contributed by atoms with van der Waals surface area (Å²) < 4.78 is 0. The van der Waals surface area contributed by atoms with Crippen LogP contribution in [0.15, 0.2) is 0 Å². The van der Waals surface area contributed by atoms with Gasteiger partial charge in [0, 0.05) is 20.1 Å². The minimum atomic E-state index is 0.0840. The van der Waals surface area contributed by atoms with Crippen LogP contribution < -0.4 is 5.32 Å². The Bertz CT molecular complexity index is 257. The van der Waals surface area contributed by atoms with E-state index in [2.05, 4.69) is 17.1 Å². The number of rotatable bonds is 4. The molecule has 2 aliphatic heterocycles. The summed E-state index contributed by atoms with van der Waals surface area (Å²) in [5, 5.41) is 3.43. The Morgan fingerprint density at radius 1 is 1.38 bits per heavy atom. The van der Waals surface area contributed by atoms with Crippen molar-refractivity contribution in [2.75, 3.05) is 39.8 Å². The van der Waals surface area contributed by atoms with Crippen molar-refractivity contribution in [3.63, 3.8) is 0 Å². The minimum Gasteiger partial charge on any atom is -0.344 e. The summed E-state index contributed by atoms with van der Waals surface area (Å²) in [6.45, 7) is 7.69. The quantitative estimate of drug-likeness (QED) is 0.740. The molecule has 0 radical (unpaired) electrons. The van der Waals surface area contributed by atoms with E-state index in [1.807, 2.05) is 11.9 Å². The van der Waals surface area contributed by atoms with E-state index in [4.69, 9.17) is 0 Å². The molecule has 92 valence electrons. The third-order valence-electron chi connectivity index (χ3n) is 3.90. The minimum absolute atomic E-state index is 0.0840. The Kier molecular flexibility index (Phi) is 3.82. The molecule has 2 heterocycles. The molecule has 4 heteroatoms. The molecule has 0 spiro atoms. The van der Waals surface area contributed by atoms with Crippen LogP contribution in [0, 0.1) is 5.92 Å². The Hall–Kier alpha value is -0.610. The van der Waals surface area contributed by atoms with Crippen LogP contribution >= 0.6 is 0 Å². The predicted octanol–water partition coefficient (Wildman–Crippen LogP) is 0.149. The van der Waals surface area contributed by atoms with E-state index in [9.17, 15) is 4.79 Å². The third kappa shape index (κ3) is 2.55. The molecule has 2 unspecified atom stereocenters.